The second kappa shape index (κ2) is 5.45. The van der Waals surface area contributed by atoms with Gasteiger partial charge in [0.2, 0.25) is 0 Å². The number of pyridine rings is 1. The van der Waals surface area contributed by atoms with E-state index in [2.05, 4.69) is 41.3 Å². The van der Waals surface area contributed by atoms with Crippen molar-refractivity contribution in [3.05, 3.63) is 65.2 Å². The summed E-state index contributed by atoms with van der Waals surface area (Å²) in [6.45, 7) is 6.10. The standard InChI is InChI=1S/C18H16N4/c1-12-4-7-17(15-5-6-16(10-19)20-11-15)18(8-12)22-14(3)9-13(2)21-22/h4-9,11H,1-3H3. The van der Waals surface area contributed by atoms with Crippen LogP contribution in [0.25, 0.3) is 16.8 Å². The summed E-state index contributed by atoms with van der Waals surface area (Å²) < 4.78 is 1.95. The number of hydrogen-bond acceptors (Lipinski definition) is 3. The lowest BCUT2D eigenvalue weighted by Crippen LogP contribution is -2.02. The van der Waals surface area contributed by atoms with Gasteiger partial charge in [0.25, 0.3) is 0 Å². The third-order valence-electron chi connectivity index (χ3n) is 3.58. The molecule has 0 spiro atoms. The molecule has 4 nitrogen and oxygen atoms in total. The van der Waals surface area contributed by atoms with Crippen molar-refractivity contribution >= 4 is 0 Å². The third-order valence-corrected chi connectivity index (χ3v) is 3.58. The van der Waals surface area contributed by atoms with E-state index in [4.69, 9.17) is 5.26 Å². The number of rotatable bonds is 2. The van der Waals surface area contributed by atoms with Crippen molar-refractivity contribution in [2.75, 3.05) is 0 Å². The Hall–Kier alpha value is -2.93. The number of nitriles is 1. The minimum atomic E-state index is 0.420. The molecule has 108 valence electrons. The molecule has 3 aromatic rings. The summed E-state index contributed by atoms with van der Waals surface area (Å²) in [5.41, 5.74) is 6.72. The molecule has 0 aliphatic heterocycles. The Balaban J connectivity index is 2.20. The highest BCUT2D eigenvalue weighted by Gasteiger charge is 2.11. The largest absolute Gasteiger partial charge is 0.245 e. The Morgan fingerprint density at radius 1 is 1.05 bits per heavy atom. The zero-order valence-electron chi connectivity index (χ0n) is 12.8. The average Bonchev–Trinajstić information content (AvgIpc) is 2.86. The van der Waals surface area contributed by atoms with Crippen molar-refractivity contribution in [2.24, 2.45) is 0 Å². The number of aryl methyl sites for hydroxylation is 3. The van der Waals surface area contributed by atoms with Gasteiger partial charge < -0.3 is 0 Å². The first kappa shape index (κ1) is 14.0. The number of benzene rings is 1. The molecular formula is C18H16N4. The molecule has 3 rings (SSSR count). The molecule has 0 N–H and O–H groups in total. The molecule has 2 aromatic heterocycles. The van der Waals surface area contributed by atoms with Gasteiger partial charge in [-0.1, -0.05) is 12.1 Å². The Morgan fingerprint density at radius 3 is 2.45 bits per heavy atom. The summed E-state index contributed by atoms with van der Waals surface area (Å²) in [7, 11) is 0. The number of aromatic nitrogens is 3. The van der Waals surface area contributed by atoms with Crippen LogP contribution in [0.4, 0.5) is 0 Å². The van der Waals surface area contributed by atoms with Crippen molar-refractivity contribution in [1.82, 2.24) is 14.8 Å². The number of nitrogens with zero attached hydrogens (tertiary/aromatic N) is 4. The van der Waals surface area contributed by atoms with Crippen LogP contribution in [0.5, 0.6) is 0 Å². The van der Waals surface area contributed by atoms with Crippen LogP contribution in [0, 0.1) is 32.1 Å². The van der Waals surface area contributed by atoms with Gasteiger partial charge in [0.15, 0.2) is 0 Å². The molecule has 0 aliphatic carbocycles. The molecule has 1 aromatic carbocycles. The molecule has 0 aliphatic rings. The van der Waals surface area contributed by atoms with E-state index >= 15 is 0 Å². The molecule has 4 heteroatoms. The molecule has 0 radical (unpaired) electrons. The molecule has 0 saturated carbocycles. The summed E-state index contributed by atoms with van der Waals surface area (Å²) in [5, 5.41) is 13.5. The Morgan fingerprint density at radius 2 is 1.86 bits per heavy atom. The molecular weight excluding hydrogens is 272 g/mol. The van der Waals surface area contributed by atoms with Gasteiger partial charge in [-0.2, -0.15) is 10.4 Å². The van der Waals surface area contributed by atoms with E-state index in [0.29, 0.717) is 5.69 Å². The van der Waals surface area contributed by atoms with E-state index in [1.807, 2.05) is 30.7 Å². The monoisotopic (exact) mass is 288 g/mol. The molecule has 0 atom stereocenters. The maximum absolute atomic E-state index is 8.88. The Kier molecular flexibility index (Phi) is 3.48. The number of hydrogen-bond donors (Lipinski definition) is 0. The zero-order valence-corrected chi connectivity index (χ0v) is 12.8. The first-order valence-corrected chi connectivity index (χ1v) is 7.09. The second-order valence-electron chi connectivity index (χ2n) is 5.40. The van der Waals surface area contributed by atoms with Gasteiger partial charge in [0.1, 0.15) is 11.8 Å². The first-order chi connectivity index (χ1) is 10.6. The van der Waals surface area contributed by atoms with E-state index in [1.54, 1.807) is 12.3 Å². The van der Waals surface area contributed by atoms with Crippen LogP contribution in [0.2, 0.25) is 0 Å². The highest BCUT2D eigenvalue weighted by molar-refractivity contribution is 5.73. The van der Waals surface area contributed by atoms with Crippen LogP contribution in [-0.4, -0.2) is 14.8 Å². The van der Waals surface area contributed by atoms with Gasteiger partial charge in [0.05, 0.1) is 11.4 Å². The van der Waals surface area contributed by atoms with Crippen LogP contribution < -0.4 is 0 Å². The second-order valence-corrected chi connectivity index (χ2v) is 5.40. The quantitative estimate of drug-likeness (QED) is 0.722. The van der Waals surface area contributed by atoms with Gasteiger partial charge in [-0.15, -0.1) is 0 Å². The fraction of sp³-hybridized carbons (Fsp3) is 0.167. The fourth-order valence-electron chi connectivity index (χ4n) is 2.55. The highest BCUT2D eigenvalue weighted by Crippen LogP contribution is 2.28. The van der Waals surface area contributed by atoms with Crippen LogP contribution in [0.15, 0.2) is 42.6 Å². The fourth-order valence-corrected chi connectivity index (χ4v) is 2.55. The Bertz CT molecular complexity index is 867. The lowest BCUT2D eigenvalue weighted by molar-refractivity contribution is 0.834. The first-order valence-electron chi connectivity index (χ1n) is 7.09. The highest BCUT2D eigenvalue weighted by atomic mass is 15.3. The van der Waals surface area contributed by atoms with Crippen LogP contribution in [-0.2, 0) is 0 Å². The lowest BCUT2D eigenvalue weighted by Gasteiger charge is -2.12. The van der Waals surface area contributed by atoms with Crippen LogP contribution >= 0.6 is 0 Å². The predicted octanol–water partition coefficient (Wildman–Crippen LogP) is 3.73. The van der Waals surface area contributed by atoms with Crippen LogP contribution in [0.1, 0.15) is 22.6 Å². The maximum atomic E-state index is 8.88. The molecule has 2 heterocycles. The van der Waals surface area contributed by atoms with Crippen molar-refractivity contribution in [1.29, 1.82) is 5.26 Å². The zero-order chi connectivity index (χ0) is 15.7. The summed E-state index contributed by atoms with van der Waals surface area (Å²) in [6, 6.07) is 14.0. The molecule has 0 saturated heterocycles. The third kappa shape index (κ3) is 2.49. The topological polar surface area (TPSA) is 54.5 Å². The van der Waals surface area contributed by atoms with E-state index in [-0.39, 0.29) is 0 Å². The van der Waals surface area contributed by atoms with Gasteiger partial charge >= 0.3 is 0 Å². The average molecular weight is 288 g/mol. The normalized spacial score (nSPS) is 10.5. The summed E-state index contributed by atoms with van der Waals surface area (Å²) in [4.78, 5) is 4.17. The van der Waals surface area contributed by atoms with Crippen molar-refractivity contribution in [2.45, 2.75) is 20.8 Å². The minimum Gasteiger partial charge on any atom is -0.245 e. The summed E-state index contributed by atoms with van der Waals surface area (Å²) >= 11 is 0. The Labute approximate surface area is 129 Å². The maximum Gasteiger partial charge on any atom is 0.140 e. The van der Waals surface area contributed by atoms with Crippen LogP contribution in [0.3, 0.4) is 0 Å². The van der Waals surface area contributed by atoms with Crippen molar-refractivity contribution in [3.8, 4) is 22.9 Å². The van der Waals surface area contributed by atoms with Gasteiger partial charge in [0, 0.05) is 23.0 Å². The molecule has 0 amide bonds. The predicted molar refractivity (Wildman–Crippen MR) is 85.7 cm³/mol. The van der Waals surface area contributed by atoms with Gasteiger partial charge in [-0.3, -0.25) is 0 Å². The smallest absolute Gasteiger partial charge is 0.140 e. The molecule has 0 fully saturated rings. The van der Waals surface area contributed by atoms with E-state index in [0.717, 1.165) is 28.2 Å². The van der Waals surface area contributed by atoms with E-state index in [1.165, 1.54) is 5.56 Å². The molecule has 0 unspecified atom stereocenters. The summed E-state index contributed by atoms with van der Waals surface area (Å²) in [6.07, 6.45) is 1.73. The van der Waals surface area contributed by atoms with Crippen molar-refractivity contribution in [3.63, 3.8) is 0 Å². The molecule has 22 heavy (non-hydrogen) atoms. The lowest BCUT2D eigenvalue weighted by atomic mass is 10.0. The van der Waals surface area contributed by atoms with Crippen molar-refractivity contribution < 1.29 is 0 Å². The van der Waals surface area contributed by atoms with E-state index in [9.17, 15) is 0 Å². The van der Waals surface area contributed by atoms with Gasteiger partial charge in [-0.05, 0) is 50.6 Å². The minimum absolute atomic E-state index is 0.420. The molecule has 0 bridgehead atoms. The summed E-state index contributed by atoms with van der Waals surface area (Å²) in [5.74, 6) is 0. The van der Waals surface area contributed by atoms with E-state index < -0.39 is 0 Å². The SMILES string of the molecule is Cc1ccc(-c2ccc(C#N)nc2)c(-n2nc(C)cc2C)c1. The van der Waals surface area contributed by atoms with Gasteiger partial charge in [-0.25, -0.2) is 9.67 Å².